The summed E-state index contributed by atoms with van der Waals surface area (Å²) in [6, 6.07) is 9.95. The molecule has 2 aliphatic heterocycles. The van der Waals surface area contributed by atoms with E-state index in [1.165, 1.54) is 0 Å². The van der Waals surface area contributed by atoms with Crippen LogP contribution < -0.4 is 10.6 Å². The lowest BCUT2D eigenvalue weighted by atomic mass is 9.97. The van der Waals surface area contributed by atoms with Gasteiger partial charge in [-0.25, -0.2) is 0 Å². The fourth-order valence-electron chi connectivity index (χ4n) is 4.56. The van der Waals surface area contributed by atoms with Crippen LogP contribution in [0.3, 0.4) is 0 Å². The number of rotatable bonds is 4. The Morgan fingerprint density at radius 3 is 2.77 bits per heavy atom. The zero-order valence-corrected chi connectivity index (χ0v) is 17.4. The molecule has 0 radical (unpaired) electrons. The highest BCUT2D eigenvalue weighted by molar-refractivity contribution is 7.17. The number of benzene rings is 1. The van der Waals surface area contributed by atoms with Gasteiger partial charge >= 0.3 is 0 Å². The van der Waals surface area contributed by atoms with Crippen LogP contribution in [0.2, 0.25) is 0 Å². The van der Waals surface area contributed by atoms with E-state index in [0.29, 0.717) is 24.3 Å². The van der Waals surface area contributed by atoms with Gasteiger partial charge < -0.3 is 19.6 Å². The lowest BCUT2D eigenvalue weighted by Crippen LogP contribution is -2.40. The molecule has 1 fully saturated rings. The molecule has 2 amide bonds. The van der Waals surface area contributed by atoms with E-state index in [0.717, 1.165) is 45.3 Å². The fraction of sp³-hybridized carbons (Fsp3) is 0.217. The van der Waals surface area contributed by atoms with Crippen molar-refractivity contribution in [2.45, 2.75) is 12.6 Å². The van der Waals surface area contributed by atoms with E-state index in [2.05, 4.69) is 20.2 Å². The normalized spacial score (nSPS) is 19.7. The van der Waals surface area contributed by atoms with E-state index >= 15 is 0 Å². The van der Waals surface area contributed by atoms with E-state index in [1.54, 1.807) is 11.3 Å². The Morgan fingerprint density at radius 2 is 1.94 bits per heavy atom. The van der Waals surface area contributed by atoms with Crippen LogP contribution in [0.5, 0.6) is 0 Å². The summed E-state index contributed by atoms with van der Waals surface area (Å²) in [6.45, 7) is 3.01. The molecule has 1 saturated heterocycles. The largest absolute Gasteiger partial charge is 0.374 e. The summed E-state index contributed by atoms with van der Waals surface area (Å²) in [5, 5.41) is 8.79. The highest BCUT2D eigenvalue weighted by atomic mass is 32.1. The first kappa shape index (κ1) is 18.6. The van der Waals surface area contributed by atoms with Gasteiger partial charge in [0, 0.05) is 47.5 Å². The first-order valence-electron chi connectivity index (χ1n) is 10.3. The zero-order chi connectivity index (χ0) is 20.9. The van der Waals surface area contributed by atoms with E-state index in [4.69, 9.17) is 4.74 Å². The number of carbonyl (C=O) groups excluding carboxylic acids is 2. The maximum Gasteiger partial charge on any atom is 0.259 e. The van der Waals surface area contributed by atoms with Gasteiger partial charge in [0.2, 0.25) is 0 Å². The number of aromatic amines is 1. The monoisotopic (exact) mass is 432 g/mol. The molecular formula is C23H20N4O3S. The van der Waals surface area contributed by atoms with Gasteiger partial charge in [-0.3, -0.25) is 14.9 Å². The molecule has 0 bridgehead atoms. The molecule has 31 heavy (non-hydrogen) atoms. The molecule has 6 rings (SSSR count). The molecular weight excluding hydrogens is 412 g/mol. The maximum absolute atomic E-state index is 13.0. The number of aromatic nitrogens is 2. The van der Waals surface area contributed by atoms with Crippen LogP contribution in [0.15, 0.2) is 48.1 Å². The highest BCUT2D eigenvalue weighted by Crippen LogP contribution is 2.39. The summed E-state index contributed by atoms with van der Waals surface area (Å²) >= 11 is 1.55. The minimum atomic E-state index is -0.357. The Kier molecular flexibility index (Phi) is 4.31. The van der Waals surface area contributed by atoms with Crippen molar-refractivity contribution in [2.24, 2.45) is 0 Å². The number of ether oxygens (including phenoxy) is 1. The van der Waals surface area contributed by atoms with Gasteiger partial charge in [-0.05, 0) is 17.5 Å². The molecule has 0 aliphatic carbocycles. The first-order valence-corrected chi connectivity index (χ1v) is 11.1. The molecule has 0 saturated carbocycles. The first-order chi connectivity index (χ1) is 15.2. The summed E-state index contributed by atoms with van der Waals surface area (Å²) in [4.78, 5) is 29.0. The molecule has 1 unspecified atom stereocenters. The second-order valence-electron chi connectivity index (χ2n) is 7.81. The molecule has 1 aromatic carbocycles. The van der Waals surface area contributed by atoms with Gasteiger partial charge in [0.1, 0.15) is 0 Å². The van der Waals surface area contributed by atoms with Crippen molar-refractivity contribution < 1.29 is 14.3 Å². The summed E-state index contributed by atoms with van der Waals surface area (Å²) in [5.41, 5.74) is 4.36. The smallest absolute Gasteiger partial charge is 0.259 e. The van der Waals surface area contributed by atoms with Crippen molar-refractivity contribution in [3.05, 3.63) is 59.2 Å². The Hall–Kier alpha value is -3.20. The van der Waals surface area contributed by atoms with Crippen LogP contribution in [0.4, 0.5) is 0 Å². The molecule has 4 aromatic rings. The topological polar surface area (TPSA) is 88.2 Å². The number of amides is 2. The quantitative estimate of drug-likeness (QED) is 0.433. The van der Waals surface area contributed by atoms with Crippen molar-refractivity contribution in [1.82, 2.24) is 20.2 Å². The number of carbonyl (C=O) groups is 2. The molecule has 7 nitrogen and oxygen atoms in total. The molecule has 5 heterocycles. The summed E-state index contributed by atoms with van der Waals surface area (Å²) < 4.78 is 8.99. The third-order valence-corrected chi connectivity index (χ3v) is 6.89. The average Bonchev–Trinajstić information content (AvgIpc) is 3.53. The lowest BCUT2D eigenvalue weighted by Gasteiger charge is -2.24. The number of morpholine rings is 1. The average molecular weight is 433 g/mol. The minimum absolute atomic E-state index is 0.0558. The molecule has 156 valence electrons. The molecule has 2 aliphatic rings. The molecule has 8 heteroatoms. The number of nitrogens with one attached hydrogen (secondary N) is 3. The van der Waals surface area contributed by atoms with Crippen LogP contribution in [0.1, 0.15) is 11.1 Å². The minimum Gasteiger partial charge on any atom is -0.374 e. The maximum atomic E-state index is 13.0. The zero-order valence-electron chi connectivity index (χ0n) is 16.6. The van der Waals surface area contributed by atoms with Crippen molar-refractivity contribution >= 4 is 55.4 Å². The van der Waals surface area contributed by atoms with E-state index in [1.807, 2.05) is 48.1 Å². The van der Waals surface area contributed by atoms with Gasteiger partial charge in [-0.15, -0.1) is 11.3 Å². The lowest BCUT2D eigenvalue weighted by molar-refractivity contribution is -0.122. The van der Waals surface area contributed by atoms with Crippen LogP contribution >= 0.6 is 11.3 Å². The van der Waals surface area contributed by atoms with Gasteiger partial charge in [0.15, 0.2) is 0 Å². The standard InChI is InChI=1S/C23H20N4O3S/c28-22-19(15-10-25-17-5-8-31-21(15)17)20(23(29)26-22)16-12-27(11-13-9-24-6-7-30-13)18-4-2-1-3-14(16)18/h1-5,8,10,12-13,24-25H,6-7,9,11H2,(H,26,28,29). The van der Waals surface area contributed by atoms with Crippen LogP contribution in [0, 0.1) is 0 Å². The number of hydrogen-bond acceptors (Lipinski definition) is 5. The Bertz CT molecular complexity index is 1370. The van der Waals surface area contributed by atoms with Crippen molar-refractivity contribution in [3.63, 3.8) is 0 Å². The number of H-pyrrole nitrogens is 1. The number of para-hydroxylation sites is 1. The van der Waals surface area contributed by atoms with Crippen LogP contribution in [0.25, 0.3) is 32.3 Å². The second-order valence-corrected chi connectivity index (χ2v) is 8.72. The molecule has 1 atom stereocenters. The van der Waals surface area contributed by atoms with Gasteiger partial charge in [0.05, 0.1) is 40.6 Å². The molecule has 3 N–H and O–H groups in total. The second kappa shape index (κ2) is 7.19. The number of imide groups is 1. The predicted octanol–water partition coefficient (Wildman–Crippen LogP) is 2.74. The van der Waals surface area contributed by atoms with E-state index < -0.39 is 0 Å². The van der Waals surface area contributed by atoms with Crippen LogP contribution in [-0.4, -0.2) is 47.2 Å². The Balaban J connectivity index is 1.54. The Morgan fingerprint density at radius 1 is 1.10 bits per heavy atom. The SMILES string of the molecule is O=C1NC(=O)C(c2c[nH]c3ccsc23)=C1c1cn(CC2CNCCO2)c2ccccc12. The third-order valence-electron chi connectivity index (χ3n) is 5.95. The summed E-state index contributed by atoms with van der Waals surface area (Å²) in [7, 11) is 0. The van der Waals surface area contributed by atoms with Crippen LogP contribution in [-0.2, 0) is 20.9 Å². The number of fused-ring (bicyclic) bond motifs is 2. The summed E-state index contributed by atoms with van der Waals surface area (Å²) in [5.74, 6) is -0.713. The molecule has 3 aromatic heterocycles. The van der Waals surface area contributed by atoms with Gasteiger partial charge in [-0.2, -0.15) is 0 Å². The molecule has 0 spiro atoms. The van der Waals surface area contributed by atoms with E-state index in [9.17, 15) is 9.59 Å². The van der Waals surface area contributed by atoms with Crippen molar-refractivity contribution in [2.75, 3.05) is 19.7 Å². The fourth-order valence-corrected chi connectivity index (χ4v) is 5.44. The predicted molar refractivity (Wildman–Crippen MR) is 121 cm³/mol. The third kappa shape index (κ3) is 2.95. The van der Waals surface area contributed by atoms with Crippen molar-refractivity contribution in [3.8, 4) is 0 Å². The number of nitrogens with zero attached hydrogens (tertiary/aromatic N) is 1. The summed E-state index contributed by atoms with van der Waals surface area (Å²) in [6.07, 6.45) is 3.85. The Labute approximate surface area is 181 Å². The van der Waals surface area contributed by atoms with Gasteiger partial charge in [-0.1, -0.05) is 18.2 Å². The highest BCUT2D eigenvalue weighted by Gasteiger charge is 2.35. The van der Waals surface area contributed by atoms with Gasteiger partial charge in [0.25, 0.3) is 11.8 Å². The van der Waals surface area contributed by atoms with Crippen molar-refractivity contribution in [1.29, 1.82) is 0 Å². The van der Waals surface area contributed by atoms with E-state index in [-0.39, 0.29) is 17.9 Å². The number of thiophene rings is 1. The number of hydrogen-bond donors (Lipinski definition) is 3.